The highest BCUT2D eigenvalue weighted by Gasteiger charge is 2.50. The quantitative estimate of drug-likeness (QED) is 0.607. The van der Waals surface area contributed by atoms with Crippen LogP contribution in [0.3, 0.4) is 0 Å². The third kappa shape index (κ3) is 1.25. The van der Waals surface area contributed by atoms with Crippen molar-refractivity contribution in [2.24, 2.45) is 5.41 Å². The summed E-state index contributed by atoms with van der Waals surface area (Å²) in [5.41, 5.74) is -0.397. The van der Waals surface area contributed by atoms with E-state index < -0.39 is 5.41 Å². The van der Waals surface area contributed by atoms with Crippen molar-refractivity contribution in [3.8, 4) is 0 Å². The molecule has 0 saturated carbocycles. The number of likely N-dealkylation sites (tertiary alicyclic amines) is 1. The highest BCUT2D eigenvalue weighted by molar-refractivity contribution is 6.06. The molecule has 14 heavy (non-hydrogen) atoms. The van der Waals surface area contributed by atoms with Crippen LogP contribution >= 0.6 is 0 Å². The standard InChI is InChI=1S/C10H16N2O2/c1-2-12-8(13)6-10(9(12)14)4-3-5-11-7-10/h11H,2-7H2,1H3/t10-/m0/s1. The fraction of sp³-hybridized carbons (Fsp3) is 0.800. The van der Waals surface area contributed by atoms with Crippen LogP contribution in [0.1, 0.15) is 26.2 Å². The Morgan fingerprint density at radius 2 is 2.29 bits per heavy atom. The zero-order chi connectivity index (χ0) is 10.2. The minimum atomic E-state index is -0.397. The molecule has 2 saturated heterocycles. The third-order valence-electron chi connectivity index (χ3n) is 3.28. The van der Waals surface area contributed by atoms with E-state index in [1.165, 1.54) is 4.90 Å². The van der Waals surface area contributed by atoms with Gasteiger partial charge in [0.2, 0.25) is 11.8 Å². The predicted octanol–water partition coefficient (Wildman–Crippen LogP) is 0.135. The van der Waals surface area contributed by atoms with Gasteiger partial charge in [-0.3, -0.25) is 14.5 Å². The average molecular weight is 196 g/mol. The van der Waals surface area contributed by atoms with Gasteiger partial charge in [-0.25, -0.2) is 0 Å². The van der Waals surface area contributed by atoms with Gasteiger partial charge in [0.25, 0.3) is 0 Å². The number of carbonyl (C=O) groups is 2. The molecule has 0 aromatic carbocycles. The van der Waals surface area contributed by atoms with Crippen molar-refractivity contribution in [1.82, 2.24) is 10.2 Å². The van der Waals surface area contributed by atoms with Gasteiger partial charge < -0.3 is 5.32 Å². The van der Waals surface area contributed by atoms with Crippen molar-refractivity contribution in [2.75, 3.05) is 19.6 Å². The summed E-state index contributed by atoms with van der Waals surface area (Å²) in [6, 6.07) is 0. The predicted molar refractivity (Wildman–Crippen MR) is 51.5 cm³/mol. The lowest BCUT2D eigenvalue weighted by atomic mass is 9.79. The molecular weight excluding hydrogens is 180 g/mol. The van der Waals surface area contributed by atoms with Gasteiger partial charge in [0.1, 0.15) is 0 Å². The van der Waals surface area contributed by atoms with Crippen LogP contribution < -0.4 is 5.32 Å². The van der Waals surface area contributed by atoms with Crippen molar-refractivity contribution in [1.29, 1.82) is 0 Å². The van der Waals surface area contributed by atoms with E-state index in [4.69, 9.17) is 0 Å². The Balaban J connectivity index is 2.21. The van der Waals surface area contributed by atoms with E-state index in [-0.39, 0.29) is 11.8 Å². The fourth-order valence-electron chi connectivity index (χ4n) is 2.48. The van der Waals surface area contributed by atoms with E-state index in [1.54, 1.807) is 0 Å². The zero-order valence-corrected chi connectivity index (χ0v) is 8.51. The molecule has 2 aliphatic heterocycles. The van der Waals surface area contributed by atoms with Gasteiger partial charge in [0.15, 0.2) is 0 Å². The summed E-state index contributed by atoms with van der Waals surface area (Å²) in [5.74, 6) is 0.0402. The highest BCUT2D eigenvalue weighted by atomic mass is 16.2. The van der Waals surface area contributed by atoms with Crippen LogP contribution in [0.25, 0.3) is 0 Å². The van der Waals surface area contributed by atoms with Gasteiger partial charge in [0, 0.05) is 19.5 Å². The van der Waals surface area contributed by atoms with E-state index >= 15 is 0 Å². The molecule has 0 aromatic heterocycles. The molecule has 1 spiro atoms. The van der Waals surface area contributed by atoms with E-state index in [0.29, 0.717) is 19.5 Å². The van der Waals surface area contributed by atoms with Gasteiger partial charge in [0.05, 0.1) is 5.41 Å². The summed E-state index contributed by atoms with van der Waals surface area (Å²) in [7, 11) is 0. The number of imide groups is 1. The SMILES string of the molecule is CCN1C(=O)C[C@]2(CCCNC2)C1=O. The van der Waals surface area contributed by atoms with Gasteiger partial charge in [-0.1, -0.05) is 0 Å². The molecule has 4 nitrogen and oxygen atoms in total. The Hall–Kier alpha value is -0.900. The number of amides is 2. The van der Waals surface area contributed by atoms with Crippen molar-refractivity contribution < 1.29 is 9.59 Å². The molecule has 2 rings (SSSR count). The molecule has 0 unspecified atom stereocenters. The lowest BCUT2D eigenvalue weighted by molar-refractivity contribution is -0.141. The smallest absolute Gasteiger partial charge is 0.237 e. The van der Waals surface area contributed by atoms with Gasteiger partial charge in [-0.15, -0.1) is 0 Å². The number of nitrogens with one attached hydrogen (secondary N) is 1. The minimum Gasteiger partial charge on any atom is -0.316 e. The molecule has 0 aromatic rings. The summed E-state index contributed by atoms with van der Waals surface area (Å²) in [4.78, 5) is 25.0. The summed E-state index contributed by atoms with van der Waals surface area (Å²) >= 11 is 0. The molecule has 2 heterocycles. The van der Waals surface area contributed by atoms with Crippen LogP contribution in [0, 0.1) is 5.41 Å². The first-order valence-corrected chi connectivity index (χ1v) is 5.25. The van der Waals surface area contributed by atoms with Crippen molar-refractivity contribution in [3.63, 3.8) is 0 Å². The second-order valence-electron chi connectivity index (χ2n) is 4.18. The molecule has 0 bridgehead atoms. The van der Waals surface area contributed by atoms with Crippen LogP contribution in [0.5, 0.6) is 0 Å². The largest absolute Gasteiger partial charge is 0.316 e. The van der Waals surface area contributed by atoms with Gasteiger partial charge in [-0.2, -0.15) is 0 Å². The van der Waals surface area contributed by atoms with Crippen LogP contribution in [0.15, 0.2) is 0 Å². The second-order valence-corrected chi connectivity index (χ2v) is 4.18. The van der Waals surface area contributed by atoms with E-state index in [1.807, 2.05) is 6.92 Å². The van der Waals surface area contributed by atoms with Crippen LogP contribution in [-0.2, 0) is 9.59 Å². The van der Waals surface area contributed by atoms with Crippen LogP contribution in [0.4, 0.5) is 0 Å². The first-order valence-electron chi connectivity index (χ1n) is 5.25. The number of rotatable bonds is 1. The molecule has 1 atom stereocenters. The topological polar surface area (TPSA) is 49.4 Å². The molecule has 4 heteroatoms. The van der Waals surface area contributed by atoms with E-state index in [2.05, 4.69) is 5.32 Å². The van der Waals surface area contributed by atoms with Crippen molar-refractivity contribution in [2.45, 2.75) is 26.2 Å². The molecule has 2 aliphatic rings. The lowest BCUT2D eigenvalue weighted by Gasteiger charge is -2.31. The number of hydrogen-bond acceptors (Lipinski definition) is 3. The minimum absolute atomic E-state index is 0.00111. The van der Waals surface area contributed by atoms with E-state index in [0.717, 1.165) is 19.4 Å². The highest BCUT2D eigenvalue weighted by Crippen LogP contribution is 2.38. The number of piperidine rings is 1. The Morgan fingerprint density at radius 3 is 2.79 bits per heavy atom. The maximum Gasteiger partial charge on any atom is 0.237 e. The van der Waals surface area contributed by atoms with Gasteiger partial charge in [-0.05, 0) is 26.3 Å². The molecule has 78 valence electrons. The molecule has 0 aliphatic carbocycles. The molecule has 2 amide bonds. The number of carbonyl (C=O) groups excluding carboxylic acids is 2. The molecule has 1 N–H and O–H groups in total. The van der Waals surface area contributed by atoms with Crippen LogP contribution in [0.2, 0.25) is 0 Å². The lowest BCUT2D eigenvalue weighted by Crippen LogP contribution is -2.45. The summed E-state index contributed by atoms with van der Waals surface area (Å²) < 4.78 is 0. The summed E-state index contributed by atoms with van der Waals surface area (Å²) in [6.07, 6.45) is 2.27. The first kappa shape index (κ1) is 9.65. The maximum absolute atomic E-state index is 12.0. The Bertz CT molecular complexity index is 269. The Morgan fingerprint density at radius 1 is 1.50 bits per heavy atom. The number of nitrogens with zero attached hydrogens (tertiary/aromatic N) is 1. The summed E-state index contributed by atoms with van der Waals surface area (Å²) in [5, 5.41) is 3.21. The zero-order valence-electron chi connectivity index (χ0n) is 8.51. The third-order valence-corrected chi connectivity index (χ3v) is 3.28. The Kier molecular flexibility index (Phi) is 2.31. The number of hydrogen-bond donors (Lipinski definition) is 1. The molecule has 0 radical (unpaired) electrons. The summed E-state index contributed by atoms with van der Waals surface area (Å²) in [6.45, 7) is 4.01. The van der Waals surface area contributed by atoms with Gasteiger partial charge >= 0.3 is 0 Å². The van der Waals surface area contributed by atoms with Crippen molar-refractivity contribution >= 4 is 11.8 Å². The molecule has 2 fully saturated rings. The Labute approximate surface area is 83.6 Å². The monoisotopic (exact) mass is 196 g/mol. The van der Waals surface area contributed by atoms with Crippen molar-refractivity contribution in [3.05, 3.63) is 0 Å². The first-order chi connectivity index (χ1) is 6.69. The fourth-order valence-corrected chi connectivity index (χ4v) is 2.48. The second kappa shape index (κ2) is 3.35. The molecular formula is C10H16N2O2. The average Bonchev–Trinajstić information content (AvgIpc) is 2.40. The van der Waals surface area contributed by atoms with E-state index in [9.17, 15) is 9.59 Å². The normalized spacial score (nSPS) is 33.1. The van der Waals surface area contributed by atoms with Crippen LogP contribution in [-0.4, -0.2) is 36.3 Å². The maximum atomic E-state index is 12.0.